The van der Waals surface area contributed by atoms with Gasteiger partial charge in [0.2, 0.25) is 6.29 Å². The smallest absolute Gasteiger partial charge is 0.229 e. The summed E-state index contributed by atoms with van der Waals surface area (Å²) in [5.41, 5.74) is 0.0115. The second-order valence-corrected chi connectivity index (χ2v) is 10.2. The number of phenols is 1. The van der Waals surface area contributed by atoms with E-state index in [1.807, 2.05) is 0 Å². The van der Waals surface area contributed by atoms with Crippen molar-refractivity contribution in [1.82, 2.24) is 0 Å². The molecule has 7 N–H and O–H groups in total. The van der Waals surface area contributed by atoms with Crippen LogP contribution in [0.25, 0.3) is 22.3 Å². The first-order chi connectivity index (χ1) is 20.0. The van der Waals surface area contributed by atoms with E-state index < -0.39 is 79.2 Å². The molecule has 0 unspecified atom stereocenters. The summed E-state index contributed by atoms with van der Waals surface area (Å²) < 4.78 is 33.2. The van der Waals surface area contributed by atoms with Crippen LogP contribution in [0.15, 0.2) is 51.7 Å². The van der Waals surface area contributed by atoms with Crippen molar-refractivity contribution in [3.05, 3.63) is 52.7 Å². The number of hydrogen-bond donors (Lipinski definition) is 7. The second kappa shape index (κ2) is 12.1. The third-order valence-corrected chi connectivity index (χ3v) is 7.31. The molecule has 3 heterocycles. The van der Waals surface area contributed by atoms with Gasteiger partial charge in [0.05, 0.1) is 19.8 Å². The molecular weight excluding hydrogens is 560 g/mol. The summed E-state index contributed by atoms with van der Waals surface area (Å²) >= 11 is 0. The van der Waals surface area contributed by atoms with E-state index >= 15 is 0 Å². The Labute approximate surface area is 238 Å². The zero-order valence-corrected chi connectivity index (χ0v) is 22.5. The summed E-state index contributed by atoms with van der Waals surface area (Å²) in [7, 11) is 1.52. The van der Waals surface area contributed by atoms with Crippen molar-refractivity contribution >= 4 is 11.0 Å². The molecule has 42 heavy (non-hydrogen) atoms. The molecule has 1 aromatic heterocycles. The largest absolute Gasteiger partial charge is 0.507 e. The van der Waals surface area contributed by atoms with Crippen LogP contribution in [0, 0.1) is 0 Å². The lowest BCUT2D eigenvalue weighted by atomic mass is 9.98. The highest BCUT2D eigenvalue weighted by molar-refractivity contribution is 5.86. The zero-order valence-electron chi connectivity index (χ0n) is 22.5. The lowest BCUT2D eigenvalue weighted by molar-refractivity contribution is -0.318. The molecule has 0 bridgehead atoms. The zero-order chi connectivity index (χ0) is 30.3. The number of benzene rings is 2. The maximum absolute atomic E-state index is 12.8. The number of phenolic OH excluding ortho intramolecular Hbond substituents is 1. The SMILES string of the molecule is COc1ccc(-c2cc(=O)c3c(O)cc(O[C@@H]4O[C@H](CO[C@@H]5O[C@@H](C)[C@H](O)[C@@H](O)[C@@H]5O)[C@@H](O)[C@@H](O)[C@@H]4O)cc3o2)cc1. The van der Waals surface area contributed by atoms with E-state index in [9.17, 15) is 40.5 Å². The van der Waals surface area contributed by atoms with Crippen molar-refractivity contribution in [2.45, 2.75) is 68.3 Å². The molecule has 10 atom stereocenters. The fourth-order valence-corrected chi connectivity index (χ4v) is 4.84. The van der Waals surface area contributed by atoms with Crippen LogP contribution in [-0.2, 0) is 14.2 Å². The van der Waals surface area contributed by atoms with Crippen LogP contribution >= 0.6 is 0 Å². The van der Waals surface area contributed by atoms with Gasteiger partial charge in [-0.25, -0.2) is 0 Å². The van der Waals surface area contributed by atoms with E-state index in [4.69, 9.17) is 28.1 Å². The van der Waals surface area contributed by atoms with Crippen LogP contribution in [0.3, 0.4) is 0 Å². The van der Waals surface area contributed by atoms with Crippen molar-refractivity contribution < 1.29 is 63.8 Å². The summed E-state index contributed by atoms with van der Waals surface area (Å²) in [6.45, 7) is 0.984. The molecule has 0 spiro atoms. The Morgan fingerprint density at radius 2 is 1.45 bits per heavy atom. The van der Waals surface area contributed by atoms with Gasteiger partial charge in [-0.3, -0.25) is 4.79 Å². The Kier molecular flexibility index (Phi) is 8.71. The minimum Gasteiger partial charge on any atom is -0.507 e. The van der Waals surface area contributed by atoms with Gasteiger partial charge in [-0.2, -0.15) is 0 Å². The molecule has 0 radical (unpaired) electrons. The second-order valence-electron chi connectivity index (χ2n) is 10.2. The number of ether oxygens (including phenoxy) is 5. The van der Waals surface area contributed by atoms with Crippen LogP contribution in [0.4, 0.5) is 0 Å². The van der Waals surface area contributed by atoms with Crippen LogP contribution in [0.5, 0.6) is 17.2 Å². The molecular formula is C28H32O14. The molecule has 2 aromatic carbocycles. The quantitative estimate of drug-likeness (QED) is 0.179. The van der Waals surface area contributed by atoms with Gasteiger partial charge < -0.3 is 63.8 Å². The Balaban J connectivity index is 1.35. The molecule has 2 aliphatic rings. The Bertz CT molecular complexity index is 1440. The topological polar surface area (TPSA) is 218 Å². The number of hydrogen-bond acceptors (Lipinski definition) is 14. The number of rotatable bonds is 7. The normalized spacial score (nSPS) is 33.4. The first-order valence-electron chi connectivity index (χ1n) is 13.1. The summed E-state index contributed by atoms with van der Waals surface area (Å²) in [4.78, 5) is 12.8. The van der Waals surface area contributed by atoms with Gasteiger partial charge in [0.1, 0.15) is 76.7 Å². The van der Waals surface area contributed by atoms with Crippen LogP contribution in [0.1, 0.15) is 6.92 Å². The maximum Gasteiger partial charge on any atom is 0.229 e. The average molecular weight is 593 g/mol. The van der Waals surface area contributed by atoms with Crippen molar-refractivity contribution in [2.24, 2.45) is 0 Å². The Morgan fingerprint density at radius 3 is 2.14 bits per heavy atom. The minimum absolute atomic E-state index is 0.0348. The fourth-order valence-electron chi connectivity index (χ4n) is 4.84. The number of aliphatic hydroxyl groups excluding tert-OH is 6. The monoisotopic (exact) mass is 592 g/mol. The van der Waals surface area contributed by atoms with Gasteiger partial charge in [-0.1, -0.05) is 0 Å². The number of fused-ring (bicyclic) bond motifs is 1. The minimum atomic E-state index is -1.76. The molecule has 0 aliphatic carbocycles. The molecule has 3 aromatic rings. The predicted octanol–water partition coefficient (Wildman–Crippen LogP) is -0.795. The molecule has 2 aliphatic heterocycles. The summed E-state index contributed by atoms with van der Waals surface area (Å²) in [6.07, 6.45) is -14.8. The van der Waals surface area contributed by atoms with Gasteiger partial charge in [0, 0.05) is 23.8 Å². The fraction of sp³-hybridized carbons (Fsp3) is 0.464. The van der Waals surface area contributed by atoms with Crippen LogP contribution < -0.4 is 14.9 Å². The van der Waals surface area contributed by atoms with E-state index in [-0.39, 0.29) is 22.5 Å². The highest BCUT2D eigenvalue weighted by atomic mass is 16.7. The molecule has 14 heteroatoms. The van der Waals surface area contributed by atoms with Crippen molar-refractivity contribution in [3.8, 4) is 28.6 Å². The van der Waals surface area contributed by atoms with Crippen molar-refractivity contribution in [2.75, 3.05) is 13.7 Å². The average Bonchev–Trinajstić information content (AvgIpc) is 2.97. The van der Waals surface area contributed by atoms with E-state index in [1.165, 1.54) is 26.2 Å². The number of aromatic hydroxyl groups is 1. The van der Waals surface area contributed by atoms with E-state index in [1.54, 1.807) is 24.3 Å². The maximum atomic E-state index is 12.8. The molecule has 228 valence electrons. The highest BCUT2D eigenvalue weighted by Crippen LogP contribution is 2.34. The van der Waals surface area contributed by atoms with Gasteiger partial charge in [-0.05, 0) is 31.2 Å². The predicted molar refractivity (Wildman–Crippen MR) is 142 cm³/mol. The molecule has 0 amide bonds. The molecule has 2 saturated heterocycles. The van der Waals surface area contributed by atoms with Crippen LogP contribution in [0.2, 0.25) is 0 Å². The Morgan fingerprint density at radius 1 is 0.786 bits per heavy atom. The van der Waals surface area contributed by atoms with Gasteiger partial charge in [0.25, 0.3) is 0 Å². The standard InChI is InChI=1S/C28H32O14/c1-11-21(31)23(33)25(35)27(39-11)38-10-19-22(32)24(34)26(36)28(42-19)40-14-7-15(29)20-16(30)9-17(41-18(20)8-14)12-3-5-13(37-2)6-4-12/h3-9,11,19,21-29,31-36H,10H2,1-2H3/t11-,19+,21-,22+,23+,24+,25-,26-,27+,28+/m0/s1. The highest BCUT2D eigenvalue weighted by Gasteiger charge is 2.47. The first-order valence-corrected chi connectivity index (χ1v) is 13.1. The Hall–Kier alpha value is -3.31. The van der Waals surface area contributed by atoms with Crippen molar-refractivity contribution in [3.63, 3.8) is 0 Å². The van der Waals surface area contributed by atoms with Crippen molar-refractivity contribution in [1.29, 1.82) is 0 Å². The first kappa shape index (κ1) is 30.2. The molecule has 14 nitrogen and oxygen atoms in total. The van der Waals surface area contributed by atoms with Gasteiger partial charge in [-0.15, -0.1) is 0 Å². The lowest BCUT2D eigenvalue weighted by Gasteiger charge is -2.42. The number of aliphatic hydroxyl groups is 6. The third kappa shape index (κ3) is 5.81. The molecule has 5 rings (SSSR count). The lowest BCUT2D eigenvalue weighted by Crippen LogP contribution is -2.61. The van der Waals surface area contributed by atoms with E-state index in [2.05, 4.69) is 0 Å². The molecule has 0 saturated carbocycles. The summed E-state index contributed by atoms with van der Waals surface area (Å²) in [6, 6.07) is 10.4. The van der Waals surface area contributed by atoms with Gasteiger partial charge >= 0.3 is 0 Å². The third-order valence-electron chi connectivity index (χ3n) is 7.31. The van der Waals surface area contributed by atoms with Gasteiger partial charge in [0.15, 0.2) is 11.7 Å². The number of methoxy groups -OCH3 is 1. The summed E-state index contributed by atoms with van der Waals surface area (Å²) in [5.74, 6) is 0.238. The molecule has 2 fully saturated rings. The van der Waals surface area contributed by atoms with E-state index in [0.717, 1.165) is 6.07 Å². The van der Waals surface area contributed by atoms with Crippen LogP contribution in [-0.4, -0.2) is 111 Å². The summed E-state index contributed by atoms with van der Waals surface area (Å²) in [5, 5.41) is 71.9. The van der Waals surface area contributed by atoms with E-state index in [0.29, 0.717) is 11.3 Å².